The standard InChI is InChI=1S/C30H36ClN3O5S/c1-21-15-17-24(18-16-21)40(37,38)34(26-13-9-10-14-27(26)39-6)20-28(35)33(19-23-11-7-8-12-25(23)31)22(2)29(36)32-30(3,4)5/h7-18,22H,19-20H2,1-6H3,(H,32,36). The molecule has 0 aliphatic carbocycles. The van der Waals surface area contributed by atoms with Gasteiger partial charge in [-0.25, -0.2) is 8.42 Å². The van der Waals surface area contributed by atoms with Crippen molar-refractivity contribution in [3.05, 3.63) is 88.9 Å². The van der Waals surface area contributed by atoms with Crippen LogP contribution in [0, 0.1) is 6.92 Å². The van der Waals surface area contributed by atoms with E-state index in [2.05, 4.69) is 5.32 Å². The molecule has 0 spiro atoms. The maximum absolute atomic E-state index is 14.0. The van der Waals surface area contributed by atoms with Crippen LogP contribution in [0.2, 0.25) is 5.02 Å². The number of methoxy groups -OCH3 is 1. The third kappa shape index (κ3) is 7.55. The number of carbonyl (C=O) groups excluding carboxylic acids is 2. The summed E-state index contributed by atoms with van der Waals surface area (Å²) in [6.07, 6.45) is 0. The minimum absolute atomic E-state index is 0.00157. The third-order valence-corrected chi connectivity index (χ3v) is 8.35. The SMILES string of the molecule is COc1ccccc1N(CC(=O)N(Cc1ccccc1Cl)C(C)C(=O)NC(C)(C)C)S(=O)(=O)c1ccc(C)cc1. The predicted molar refractivity (Wildman–Crippen MR) is 158 cm³/mol. The van der Waals surface area contributed by atoms with Gasteiger partial charge in [0.15, 0.2) is 0 Å². The van der Waals surface area contributed by atoms with E-state index < -0.39 is 34.1 Å². The van der Waals surface area contributed by atoms with Gasteiger partial charge in [-0.15, -0.1) is 0 Å². The molecule has 0 saturated carbocycles. The second-order valence-electron chi connectivity index (χ2n) is 10.5. The fourth-order valence-electron chi connectivity index (χ4n) is 4.05. The van der Waals surface area contributed by atoms with Gasteiger partial charge in [-0.3, -0.25) is 13.9 Å². The molecule has 8 nitrogen and oxygen atoms in total. The summed E-state index contributed by atoms with van der Waals surface area (Å²) in [7, 11) is -2.78. The van der Waals surface area contributed by atoms with E-state index in [-0.39, 0.29) is 28.8 Å². The lowest BCUT2D eigenvalue weighted by Crippen LogP contribution is -2.54. The number of para-hydroxylation sites is 2. The molecule has 1 unspecified atom stereocenters. The lowest BCUT2D eigenvalue weighted by atomic mass is 10.1. The zero-order valence-electron chi connectivity index (χ0n) is 23.6. The van der Waals surface area contributed by atoms with Crippen LogP contribution in [0.25, 0.3) is 0 Å². The van der Waals surface area contributed by atoms with E-state index in [1.807, 2.05) is 27.7 Å². The van der Waals surface area contributed by atoms with Gasteiger partial charge in [0, 0.05) is 17.1 Å². The molecule has 2 amide bonds. The Morgan fingerprint density at radius 1 is 0.975 bits per heavy atom. The zero-order chi connectivity index (χ0) is 29.7. The number of amides is 2. The zero-order valence-corrected chi connectivity index (χ0v) is 25.2. The summed E-state index contributed by atoms with van der Waals surface area (Å²) in [6.45, 7) is 8.42. The molecule has 0 heterocycles. The van der Waals surface area contributed by atoms with Gasteiger partial charge in [-0.1, -0.05) is 59.6 Å². The molecule has 10 heteroatoms. The first-order chi connectivity index (χ1) is 18.7. The van der Waals surface area contributed by atoms with Crippen LogP contribution in [0.3, 0.4) is 0 Å². The molecule has 0 aliphatic rings. The first-order valence-corrected chi connectivity index (χ1v) is 14.6. The topological polar surface area (TPSA) is 96.0 Å². The Hall–Kier alpha value is -3.56. The number of rotatable bonds is 10. The lowest BCUT2D eigenvalue weighted by Gasteiger charge is -2.34. The van der Waals surface area contributed by atoms with Gasteiger partial charge >= 0.3 is 0 Å². The van der Waals surface area contributed by atoms with Gasteiger partial charge in [0.1, 0.15) is 18.3 Å². The van der Waals surface area contributed by atoms with Crippen molar-refractivity contribution in [2.75, 3.05) is 18.0 Å². The molecule has 40 heavy (non-hydrogen) atoms. The van der Waals surface area contributed by atoms with Gasteiger partial charge in [-0.05, 0) is 70.5 Å². The first-order valence-electron chi connectivity index (χ1n) is 12.8. The van der Waals surface area contributed by atoms with Crippen LogP contribution in [-0.4, -0.2) is 50.4 Å². The summed E-state index contributed by atoms with van der Waals surface area (Å²) in [4.78, 5) is 28.6. The van der Waals surface area contributed by atoms with Gasteiger partial charge in [0.2, 0.25) is 11.8 Å². The number of aryl methyl sites for hydroxylation is 1. The number of hydrogen-bond acceptors (Lipinski definition) is 5. The van der Waals surface area contributed by atoms with Crippen molar-refractivity contribution in [1.82, 2.24) is 10.2 Å². The fraction of sp³-hybridized carbons (Fsp3) is 0.333. The van der Waals surface area contributed by atoms with Crippen LogP contribution in [0.5, 0.6) is 5.75 Å². The molecule has 0 aliphatic heterocycles. The molecule has 3 aromatic carbocycles. The number of nitrogens with zero attached hydrogens (tertiary/aromatic N) is 2. The van der Waals surface area contributed by atoms with E-state index in [4.69, 9.17) is 16.3 Å². The number of carbonyl (C=O) groups is 2. The fourth-order valence-corrected chi connectivity index (χ4v) is 5.67. The largest absolute Gasteiger partial charge is 0.495 e. The van der Waals surface area contributed by atoms with Gasteiger partial charge in [0.25, 0.3) is 10.0 Å². The Bertz CT molecular complexity index is 1450. The molecule has 0 fully saturated rings. The minimum atomic E-state index is -4.21. The number of anilines is 1. The Morgan fingerprint density at radius 2 is 1.57 bits per heavy atom. The highest BCUT2D eigenvalue weighted by Crippen LogP contribution is 2.32. The van der Waals surface area contributed by atoms with Crippen LogP contribution >= 0.6 is 11.6 Å². The molecule has 1 atom stereocenters. The Labute approximate surface area is 241 Å². The average Bonchev–Trinajstić information content (AvgIpc) is 2.90. The maximum atomic E-state index is 14.0. The molecular weight excluding hydrogens is 550 g/mol. The molecule has 0 saturated heterocycles. The van der Waals surface area contributed by atoms with E-state index in [1.54, 1.807) is 67.6 Å². The second-order valence-corrected chi connectivity index (χ2v) is 12.8. The van der Waals surface area contributed by atoms with E-state index in [0.29, 0.717) is 10.6 Å². The monoisotopic (exact) mass is 585 g/mol. The van der Waals surface area contributed by atoms with Crippen LogP contribution < -0.4 is 14.4 Å². The highest BCUT2D eigenvalue weighted by atomic mass is 35.5. The number of ether oxygens (including phenoxy) is 1. The van der Waals surface area contributed by atoms with Crippen LogP contribution in [0.1, 0.15) is 38.8 Å². The Kier molecular flexibility index (Phi) is 9.87. The molecule has 0 bridgehead atoms. The highest BCUT2D eigenvalue weighted by Gasteiger charge is 2.34. The number of hydrogen-bond donors (Lipinski definition) is 1. The van der Waals surface area contributed by atoms with Crippen molar-refractivity contribution < 1.29 is 22.7 Å². The predicted octanol–water partition coefficient (Wildman–Crippen LogP) is 5.18. The van der Waals surface area contributed by atoms with E-state index in [0.717, 1.165) is 9.87 Å². The van der Waals surface area contributed by atoms with Crippen molar-refractivity contribution in [2.24, 2.45) is 0 Å². The van der Waals surface area contributed by atoms with E-state index in [1.165, 1.54) is 24.1 Å². The van der Waals surface area contributed by atoms with Gasteiger partial charge in [0.05, 0.1) is 17.7 Å². The molecular formula is C30H36ClN3O5S. The minimum Gasteiger partial charge on any atom is -0.495 e. The van der Waals surface area contributed by atoms with E-state index in [9.17, 15) is 18.0 Å². The van der Waals surface area contributed by atoms with E-state index >= 15 is 0 Å². The maximum Gasteiger partial charge on any atom is 0.264 e. The summed E-state index contributed by atoms with van der Waals surface area (Å²) >= 11 is 6.41. The summed E-state index contributed by atoms with van der Waals surface area (Å²) in [6, 6.07) is 19.0. The smallest absolute Gasteiger partial charge is 0.264 e. The number of benzene rings is 3. The van der Waals surface area contributed by atoms with Crippen molar-refractivity contribution in [2.45, 2.75) is 57.6 Å². The molecule has 0 aromatic heterocycles. The summed E-state index contributed by atoms with van der Waals surface area (Å²) in [5, 5.41) is 3.33. The summed E-state index contributed by atoms with van der Waals surface area (Å²) in [5.41, 5.74) is 1.17. The summed E-state index contributed by atoms with van der Waals surface area (Å²) < 4.78 is 34.4. The quantitative estimate of drug-likeness (QED) is 0.353. The van der Waals surface area contributed by atoms with Crippen LogP contribution in [0.4, 0.5) is 5.69 Å². The van der Waals surface area contributed by atoms with Crippen molar-refractivity contribution in [3.8, 4) is 5.75 Å². The second kappa shape index (κ2) is 12.7. The Morgan fingerprint density at radius 3 is 2.17 bits per heavy atom. The molecule has 1 N–H and O–H groups in total. The number of sulfonamides is 1. The molecule has 0 radical (unpaired) electrons. The molecule has 3 rings (SSSR count). The lowest BCUT2D eigenvalue weighted by molar-refractivity contribution is -0.140. The number of nitrogens with one attached hydrogen (secondary N) is 1. The number of halogens is 1. The first kappa shape index (κ1) is 31.0. The normalized spacial score (nSPS) is 12.4. The highest BCUT2D eigenvalue weighted by molar-refractivity contribution is 7.92. The molecule has 214 valence electrons. The Balaban J connectivity index is 2.09. The van der Waals surface area contributed by atoms with Gasteiger partial charge in [-0.2, -0.15) is 0 Å². The van der Waals surface area contributed by atoms with Crippen LogP contribution in [-0.2, 0) is 26.2 Å². The van der Waals surface area contributed by atoms with Crippen molar-refractivity contribution >= 4 is 39.1 Å². The van der Waals surface area contributed by atoms with Gasteiger partial charge < -0.3 is 15.0 Å². The molecule has 3 aromatic rings. The van der Waals surface area contributed by atoms with Crippen LogP contribution in [0.15, 0.2) is 77.7 Å². The van der Waals surface area contributed by atoms with Crippen molar-refractivity contribution in [1.29, 1.82) is 0 Å². The summed E-state index contributed by atoms with van der Waals surface area (Å²) in [5.74, 6) is -0.682. The average molecular weight is 586 g/mol. The van der Waals surface area contributed by atoms with Crippen molar-refractivity contribution in [3.63, 3.8) is 0 Å². The third-order valence-electron chi connectivity index (χ3n) is 6.21.